The van der Waals surface area contributed by atoms with Crippen molar-refractivity contribution in [2.75, 3.05) is 26.2 Å². The van der Waals surface area contributed by atoms with Gasteiger partial charge in [-0.1, -0.05) is 26.0 Å². The molecular weight excluding hydrogens is 376 g/mol. The number of aromatic nitrogens is 2. The first-order chi connectivity index (χ1) is 13.4. The van der Waals surface area contributed by atoms with Crippen molar-refractivity contribution in [3.63, 3.8) is 0 Å². The van der Waals surface area contributed by atoms with Crippen molar-refractivity contribution in [3.8, 4) is 0 Å². The minimum absolute atomic E-state index is 0.0745. The molecule has 152 valence electrons. The second kappa shape index (κ2) is 8.87. The molecule has 0 atom stereocenters. The Morgan fingerprint density at radius 1 is 1.11 bits per heavy atom. The normalized spacial score (nSPS) is 15.9. The van der Waals surface area contributed by atoms with Crippen molar-refractivity contribution in [1.29, 1.82) is 0 Å². The van der Waals surface area contributed by atoms with Gasteiger partial charge in [-0.2, -0.15) is 9.40 Å². The van der Waals surface area contributed by atoms with Crippen LogP contribution in [0.3, 0.4) is 0 Å². The third kappa shape index (κ3) is 4.80. The van der Waals surface area contributed by atoms with Gasteiger partial charge in [-0.3, -0.25) is 9.48 Å². The van der Waals surface area contributed by atoms with Crippen LogP contribution in [0.4, 0.5) is 0 Å². The number of sulfonamides is 1. The van der Waals surface area contributed by atoms with Crippen LogP contribution >= 0.6 is 0 Å². The van der Waals surface area contributed by atoms with Gasteiger partial charge in [0.05, 0.1) is 4.90 Å². The maximum Gasteiger partial charge on any atom is 0.243 e. The summed E-state index contributed by atoms with van der Waals surface area (Å²) in [4.78, 5) is 14.5. The molecule has 1 aliphatic rings. The second-order valence-electron chi connectivity index (χ2n) is 7.38. The number of piperazine rings is 1. The summed E-state index contributed by atoms with van der Waals surface area (Å²) in [5, 5.41) is 4.12. The third-order valence-corrected chi connectivity index (χ3v) is 7.03. The lowest BCUT2D eigenvalue weighted by Gasteiger charge is -2.34. The number of amides is 1. The highest BCUT2D eigenvalue weighted by Crippen LogP contribution is 2.21. The molecule has 2 heterocycles. The molecule has 2 aromatic rings. The van der Waals surface area contributed by atoms with E-state index < -0.39 is 10.0 Å². The second-order valence-corrected chi connectivity index (χ2v) is 9.32. The molecule has 1 aromatic carbocycles. The van der Waals surface area contributed by atoms with Crippen LogP contribution in [0.1, 0.15) is 38.2 Å². The lowest BCUT2D eigenvalue weighted by molar-refractivity contribution is -0.132. The van der Waals surface area contributed by atoms with E-state index in [2.05, 4.69) is 18.9 Å². The number of nitrogens with zero attached hydrogens (tertiary/aromatic N) is 4. The molecule has 1 amide bonds. The highest BCUT2D eigenvalue weighted by atomic mass is 32.2. The van der Waals surface area contributed by atoms with Crippen molar-refractivity contribution < 1.29 is 13.2 Å². The first kappa shape index (κ1) is 20.5. The van der Waals surface area contributed by atoms with Gasteiger partial charge in [-0.05, 0) is 36.1 Å². The van der Waals surface area contributed by atoms with Gasteiger partial charge in [0.2, 0.25) is 15.9 Å². The van der Waals surface area contributed by atoms with Gasteiger partial charge < -0.3 is 4.90 Å². The Hall–Kier alpha value is -2.19. The number of rotatable bonds is 7. The molecule has 0 spiro atoms. The maximum atomic E-state index is 12.9. The van der Waals surface area contributed by atoms with E-state index in [0.29, 0.717) is 50.0 Å². The highest BCUT2D eigenvalue weighted by Gasteiger charge is 2.29. The summed E-state index contributed by atoms with van der Waals surface area (Å²) >= 11 is 0. The largest absolute Gasteiger partial charge is 0.340 e. The van der Waals surface area contributed by atoms with Crippen LogP contribution in [0.5, 0.6) is 0 Å². The molecule has 0 unspecified atom stereocenters. The monoisotopic (exact) mass is 404 g/mol. The molecule has 8 heteroatoms. The smallest absolute Gasteiger partial charge is 0.243 e. The fraction of sp³-hybridized carbons (Fsp3) is 0.500. The zero-order valence-corrected chi connectivity index (χ0v) is 17.3. The van der Waals surface area contributed by atoms with E-state index in [1.54, 1.807) is 23.2 Å². The van der Waals surface area contributed by atoms with E-state index in [0.717, 1.165) is 12.0 Å². The Kier molecular flexibility index (Phi) is 6.51. The average Bonchev–Trinajstić information content (AvgIpc) is 3.21. The molecule has 0 saturated carbocycles. The van der Waals surface area contributed by atoms with Crippen molar-refractivity contribution in [2.24, 2.45) is 0 Å². The van der Waals surface area contributed by atoms with Gasteiger partial charge in [-0.15, -0.1) is 0 Å². The van der Waals surface area contributed by atoms with Gasteiger partial charge in [0, 0.05) is 51.5 Å². The Morgan fingerprint density at radius 3 is 2.36 bits per heavy atom. The first-order valence-corrected chi connectivity index (χ1v) is 11.2. The molecule has 0 aliphatic carbocycles. The molecule has 3 rings (SSSR count). The quantitative estimate of drug-likeness (QED) is 0.710. The summed E-state index contributed by atoms with van der Waals surface area (Å²) < 4.78 is 29.0. The van der Waals surface area contributed by atoms with Crippen LogP contribution in [0.25, 0.3) is 0 Å². The summed E-state index contributed by atoms with van der Waals surface area (Å²) in [5.74, 6) is 0.435. The van der Waals surface area contributed by atoms with Crippen LogP contribution in [-0.2, 0) is 21.4 Å². The van der Waals surface area contributed by atoms with Gasteiger partial charge >= 0.3 is 0 Å². The minimum Gasteiger partial charge on any atom is -0.340 e. The molecule has 7 nitrogen and oxygen atoms in total. The predicted molar refractivity (Wildman–Crippen MR) is 107 cm³/mol. The van der Waals surface area contributed by atoms with Crippen LogP contribution in [0.15, 0.2) is 47.6 Å². The summed E-state index contributed by atoms with van der Waals surface area (Å²) in [5.41, 5.74) is 1.12. The topological polar surface area (TPSA) is 75.5 Å². The molecule has 1 aliphatic heterocycles. The summed E-state index contributed by atoms with van der Waals surface area (Å²) in [6.07, 6.45) is 4.77. The zero-order valence-electron chi connectivity index (χ0n) is 16.5. The zero-order chi connectivity index (χ0) is 20.1. The van der Waals surface area contributed by atoms with Crippen LogP contribution in [0, 0.1) is 0 Å². The van der Waals surface area contributed by atoms with Crippen LogP contribution < -0.4 is 0 Å². The fourth-order valence-electron chi connectivity index (χ4n) is 3.33. The van der Waals surface area contributed by atoms with E-state index in [4.69, 9.17) is 0 Å². The Morgan fingerprint density at radius 2 is 1.79 bits per heavy atom. The Balaban J connectivity index is 1.51. The summed E-state index contributed by atoms with van der Waals surface area (Å²) in [6, 6.07) is 8.96. The number of carbonyl (C=O) groups excluding carboxylic acids is 1. The minimum atomic E-state index is -3.52. The first-order valence-electron chi connectivity index (χ1n) is 9.73. The SMILES string of the molecule is CC(C)c1ccc(S(=O)(=O)N2CCN(C(=O)CCCn3cccn3)CC2)cc1. The molecule has 1 saturated heterocycles. The molecule has 0 bridgehead atoms. The highest BCUT2D eigenvalue weighted by molar-refractivity contribution is 7.89. The van der Waals surface area contributed by atoms with Crippen molar-refractivity contribution >= 4 is 15.9 Å². The van der Waals surface area contributed by atoms with E-state index in [1.165, 1.54) is 4.31 Å². The third-order valence-electron chi connectivity index (χ3n) is 5.11. The van der Waals surface area contributed by atoms with Crippen molar-refractivity contribution in [2.45, 2.75) is 44.0 Å². The molecule has 1 aromatic heterocycles. The van der Waals surface area contributed by atoms with Gasteiger partial charge in [0.1, 0.15) is 0 Å². The maximum absolute atomic E-state index is 12.9. The number of carbonyl (C=O) groups is 1. The fourth-order valence-corrected chi connectivity index (χ4v) is 4.76. The lowest BCUT2D eigenvalue weighted by atomic mass is 10.0. The van der Waals surface area contributed by atoms with Crippen molar-refractivity contribution in [3.05, 3.63) is 48.3 Å². The predicted octanol–water partition coefficient (Wildman–Crippen LogP) is 2.32. The van der Waals surface area contributed by atoms with Gasteiger partial charge in [-0.25, -0.2) is 8.42 Å². The number of hydrogen-bond acceptors (Lipinski definition) is 4. The number of aryl methyl sites for hydroxylation is 1. The molecule has 0 radical (unpaired) electrons. The Labute approximate surface area is 167 Å². The van der Waals surface area contributed by atoms with Crippen molar-refractivity contribution in [1.82, 2.24) is 19.0 Å². The van der Waals surface area contributed by atoms with E-state index >= 15 is 0 Å². The summed E-state index contributed by atoms with van der Waals surface area (Å²) in [7, 11) is -3.52. The van der Waals surface area contributed by atoms with Crippen LogP contribution in [0.2, 0.25) is 0 Å². The van der Waals surface area contributed by atoms with Gasteiger partial charge in [0.25, 0.3) is 0 Å². The number of benzene rings is 1. The van der Waals surface area contributed by atoms with Gasteiger partial charge in [0.15, 0.2) is 0 Å². The lowest BCUT2D eigenvalue weighted by Crippen LogP contribution is -2.50. The van der Waals surface area contributed by atoms with E-state index in [-0.39, 0.29) is 5.91 Å². The molecule has 28 heavy (non-hydrogen) atoms. The standard InChI is InChI=1S/C20H28N4O3S/c1-17(2)18-6-8-19(9-7-18)28(26,27)24-15-13-22(14-16-24)20(25)5-3-11-23-12-4-10-21-23/h4,6-10,12,17H,3,5,11,13-16H2,1-2H3. The number of hydrogen-bond donors (Lipinski definition) is 0. The summed E-state index contributed by atoms with van der Waals surface area (Å²) in [6.45, 7) is 6.40. The van der Waals surface area contributed by atoms with E-state index in [9.17, 15) is 13.2 Å². The van der Waals surface area contributed by atoms with E-state index in [1.807, 2.05) is 29.1 Å². The van der Waals surface area contributed by atoms with Crippen LogP contribution in [-0.4, -0.2) is 59.5 Å². The molecule has 1 fully saturated rings. The molecular formula is C20H28N4O3S. The Bertz CT molecular complexity index is 869. The molecule has 0 N–H and O–H groups in total. The average molecular weight is 405 g/mol.